The molecule has 0 radical (unpaired) electrons. The second-order valence-electron chi connectivity index (χ2n) is 5.50. The van der Waals surface area contributed by atoms with Gasteiger partial charge < -0.3 is 10.1 Å². The van der Waals surface area contributed by atoms with E-state index in [4.69, 9.17) is 16.3 Å². The Kier molecular flexibility index (Phi) is 5.06. The van der Waals surface area contributed by atoms with Crippen LogP contribution in [0.15, 0.2) is 24.3 Å². The summed E-state index contributed by atoms with van der Waals surface area (Å²) in [6, 6.07) is 7.77. The van der Waals surface area contributed by atoms with Crippen molar-refractivity contribution in [2.24, 2.45) is 5.92 Å². The number of carbonyl (C=O) groups excluding carboxylic acids is 1. The van der Waals surface area contributed by atoms with Gasteiger partial charge in [-0.25, -0.2) is 0 Å². The normalized spacial score (nSPS) is 19.4. The number of nitrogens with one attached hydrogen (secondary N) is 1. The predicted molar refractivity (Wildman–Crippen MR) is 80.8 cm³/mol. The molecule has 0 aromatic heterocycles. The molecule has 1 heterocycles. The van der Waals surface area contributed by atoms with Crippen LogP contribution in [0.2, 0.25) is 5.02 Å². The van der Waals surface area contributed by atoms with E-state index in [1.165, 1.54) is 0 Å². The van der Waals surface area contributed by atoms with Gasteiger partial charge in [-0.15, -0.1) is 0 Å². The highest BCUT2D eigenvalue weighted by molar-refractivity contribution is 6.30. The Morgan fingerprint density at radius 2 is 1.95 bits per heavy atom. The van der Waals surface area contributed by atoms with E-state index in [9.17, 15) is 4.79 Å². The van der Waals surface area contributed by atoms with E-state index in [0.29, 0.717) is 18.2 Å². The molecule has 1 amide bonds. The number of rotatable bonds is 4. The molecule has 20 heavy (non-hydrogen) atoms. The Hall–Kier alpha value is -1.06. The van der Waals surface area contributed by atoms with E-state index >= 15 is 0 Å². The zero-order valence-electron chi connectivity index (χ0n) is 12.1. The first kappa shape index (κ1) is 15.3. The maximum atomic E-state index is 12.3. The molecule has 1 aromatic carbocycles. The van der Waals surface area contributed by atoms with Gasteiger partial charge in [0.2, 0.25) is 5.91 Å². The van der Waals surface area contributed by atoms with E-state index in [1.807, 2.05) is 38.1 Å². The topological polar surface area (TPSA) is 38.3 Å². The quantitative estimate of drug-likeness (QED) is 0.923. The number of hydrogen-bond acceptors (Lipinski definition) is 2. The van der Waals surface area contributed by atoms with Gasteiger partial charge in [-0.1, -0.05) is 37.6 Å². The Balaban J connectivity index is 2.25. The number of amides is 1. The van der Waals surface area contributed by atoms with Crippen molar-refractivity contribution >= 4 is 17.5 Å². The van der Waals surface area contributed by atoms with Gasteiger partial charge in [0, 0.05) is 24.2 Å². The minimum Gasteiger partial charge on any atom is -0.381 e. The van der Waals surface area contributed by atoms with Crippen LogP contribution in [0.1, 0.15) is 38.7 Å². The lowest BCUT2D eigenvalue weighted by Gasteiger charge is -2.39. The second kappa shape index (κ2) is 6.59. The number of hydrogen-bond donors (Lipinski definition) is 1. The number of halogens is 1. The standard InChI is InChI=1S/C16H22ClNO2/c1-3-12(2)15(19)18-16(8-10-20-11-9-16)13-4-6-14(17)7-5-13/h4-7,12H,3,8-11H2,1-2H3,(H,18,19)/t12-/m1/s1. The summed E-state index contributed by atoms with van der Waals surface area (Å²) < 4.78 is 5.46. The van der Waals surface area contributed by atoms with Crippen molar-refractivity contribution in [1.82, 2.24) is 5.32 Å². The summed E-state index contributed by atoms with van der Waals surface area (Å²) in [5, 5.41) is 3.97. The van der Waals surface area contributed by atoms with Crippen molar-refractivity contribution in [3.8, 4) is 0 Å². The average molecular weight is 296 g/mol. The molecular formula is C16H22ClNO2. The van der Waals surface area contributed by atoms with Crippen LogP contribution in [-0.4, -0.2) is 19.1 Å². The largest absolute Gasteiger partial charge is 0.381 e. The third-order valence-corrected chi connectivity index (χ3v) is 4.42. The fraction of sp³-hybridized carbons (Fsp3) is 0.562. The lowest BCUT2D eigenvalue weighted by Crippen LogP contribution is -2.50. The van der Waals surface area contributed by atoms with Crippen molar-refractivity contribution in [2.45, 2.75) is 38.6 Å². The van der Waals surface area contributed by atoms with E-state index in [2.05, 4.69) is 5.32 Å². The maximum absolute atomic E-state index is 12.3. The highest BCUT2D eigenvalue weighted by atomic mass is 35.5. The molecule has 1 N–H and O–H groups in total. The lowest BCUT2D eigenvalue weighted by atomic mass is 9.82. The van der Waals surface area contributed by atoms with E-state index < -0.39 is 0 Å². The van der Waals surface area contributed by atoms with Crippen LogP contribution in [-0.2, 0) is 15.1 Å². The first-order valence-electron chi connectivity index (χ1n) is 7.23. The maximum Gasteiger partial charge on any atom is 0.223 e. The van der Waals surface area contributed by atoms with Crippen LogP contribution in [0.25, 0.3) is 0 Å². The molecule has 4 heteroatoms. The summed E-state index contributed by atoms with van der Waals surface area (Å²) in [6.45, 7) is 5.33. The molecular weight excluding hydrogens is 274 g/mol. The zero-order valence-corrected chi connectivity index (χ0v) is 12.9. The van der Waals surface area contributed by atoms with E-state index in [-0.39, 0.29) is 17.4 Å². The van der Waals surface area contributed by atoms with Crippen molar-refractivity contribution in [2.75, 3.05) is 13.2 Å². The fourth-order valence-electron chi connectivity index (χ4n) is 2.52. The summed E-state index contributed by atoms with van der Waals surface area (Å²) in [6.07, 6.45) is 2.45. The Morgan fingerprint density at radius 3 is 2.50 bits per heavy atom. The molecule has 1 aromatic rings. The number of ether oxygens (including phenoxy) is 1. The van der Waals surface area contributed by atoms with Crippen LogP contribution >= 0.6 is 11.6 Å². The number of carbonyl (C=O) groups is 1. The van der Waals surface area contributed by atoms with Crippen LogP contribution in [0.3, 0.4) is 0 Å². The van der Waals surface area contributed by atoms with Gasteiger partial charge in [-0.3, -0.25) is 4.79 Å². The molecule has 0 unspecified atom stereocenters. The molecule has 1 fully saturated rings. The monoisotopic (exact) mass is 295 g/mol. The molecule has 0 saturated carbocycles. The molecule has 0 spiro atoms. The van der Waals surface area contributed by atoms with Gasteiger partial charge in [0.15, 0.2) is 0 Å². The van der Waals surface area contributed by atoms with Crippen LogP contribution < -0.4 is 5.32 Å². The first-order chi connectivity index (χ1) is 9.57. The SMILES string of the molecule is CC[C@@H](C)C(=O)NC1(c2ccc(Cl)cc2)CCOCC1. The third kappa shape index (κ3) is 3.33. The zero-order chi connectivity index (χ0) is 14.6. The van der Waals surface area contributed by atoms with Crippen LogP contribution in [0.4, 0.5) is 0 Å². The van der Waals surface area contributed by atoms with Gasteiger partial charge >= 0.3 is 0 Å². The molecule has 1 saturated heterocycles. The van der Waals surface area contributed by atoms with Gasteiger partial charge in [0.1, 0.15) is 0 Å². The molecule has 0 bridgehead atoms. The average Bonchev–Trinajstić information content (AvgIpc) is 2.47. The first-order valence-corrected chi connectivity index (χ1v) is 7.61. The predicted octanol–water partition coefficient (Wildman–Crippen LogP) is 3.51. The number of benzene rings is 1. The van der Waals surface area contributed by atoms with Gasteiger partial charge in [-0.2, -0.15) is 0 Å². The highest BCUT2D eigenvalue weighted by Gasteiger charge is 2.36. The summed E-state index contributed by atoms with van der Waals surface area (Å²) in [5.74, 6) is 0.145. The fourth-order valence-corrected chi connectivity index (χ4v) is 2.65. The van der Waals surface area contributed by atoms with Gasteiger partial charge in [-0.05, 0) is 37.0 Å². The molecule has 3 nitrogen and oxygen atoms in total. The molecule has 2 rings (SSSR count). The summed E-state index contributed by atoms with van der Waals surface area (Å²) in [7, 11) is 0. The highest BCUT2D eigenvalue weighted by Crippen LogP contribution is 2.33. The minimum absolute atomic E-state index is 0.0296. The van der Waals surface area contributed by atoms with Crippen LogP contribution in [0, 0.1) is 5.92 Å². The van der Waals surface area contributed by atoms with Gasteiger partial charge in [0.05, 0.1) is 5.54 Å². The molecule has 1 aliphatic heterocycles. The summed E-state index contributed by atoms with van der Waals surface area (Å²) >= 11 is 5.96. The molecule has 1 atom stereocenters. The molecule has 110 valence electrons. The van der Waals surface area contributed by atoms with E-state index in [0.717, 1.165) is 24.8 Å². The van der Waals surface area contributed by atoms with Crippen molar-refractivity contribution in [3.05, 3.63) is 34.9 Å². The third-order valence-electron chi connectivity index (χ3n) is 4.17. The summed E-state index contributed by atoms with van der Waals surface area (Å²) in [4.78, 5) is 12.3. The van der Waals surface area contributed by atoms with Crippen molar-refractivity contribution in [3.63, 3.8) is 0 Å². The van der Waals surface area contributed by atoms with E-state index in [1.54, 1.807) is 0 Å². The van der Waals surface area contributed by atoms with Crippen LogP contribution in [0.5, 0.6) is 0 Å². The smallest absolute Gasteiger partial charge is 0.223 e. The summed E-state index contributed by atoms with van der Waals surface area (Å²) in [5.41, 5.74) is 0.797. The van der Waals surface area contributed by atoms with Crippen molar-refractivity contribution < 1.29 is 9.53 Å². The van der Waals surface area contributed by atoms with Crippen molar-refractivity contribution in [1.29, 1.82) is 0 Å². The lowest BCUT2D eigenvalue weighted by molar-refractivity contribution is -0.128. The Morgan fingerprint density at radius 1 is 1.35 bits per heavy atom. The Bertz CT molecular complexity index is 452. The second-order valence-corrected chi connectivity index (χ2v) is 5.94. The molecule has 0 aliphatic carbocycles. The molecule has 1 aliphatic rings. The van der Waals surface area contributed by atoms with Gasteiger partial charge in [0.25, 0.3) is 0 Å². The Labute approximate surface area is 125 Å². The minimum atomic E-state index is -0.316.